The van der Waals surface area contributed by atoms with E-state index in [1.54, 1.807) is 0 Å². The number of aromatic nitrogens is 2. The molecule has 0 atom stereocenters. The van der Waals surface area contributed by atoms with Gasteiger partial charge in [-0.25, -0.2) is 9.98 Å². The molecular weight excluding hydrogens is 389 g/mol. The summed E-state index contributed by atoms with van der Waals surface area (Å²) >= 11 is 0. The minimum absolute atomic E-state index is 0. The van der Waals surface area contributed by atoms with E-state index in [4.69, 9.17) is 5.73 Å². The van der Waals surface area contributed by atoms with Gasteiger partial charge in [0, 0.05) is 17.9 Å². The van der Waals surface area contributed by atoms with Crippen molar-refractivity contribution in [3.63, 3.8) is 0 Å². The van der Waals surface area contributed by atoms with Gasteiger partial charge in [0.2, 0.25) is 0 Å². The molecule has 1 aliphatic carbocycles. The van der Waals surface area contributed by atoms with Gasteiger partial charge in [-0.1, -0.05) is 25.3 Å². The van der Waals surface area contributed by atoms with Crippen molar-refractivity contribution in [2.45, 2.75) is 51.6 Å². The monoisotopic (exact) mass is 413 g/mol. The Labute approximate surface area is 148 Å². The fourth-order valence-corrected chi connectivity index (χ4v) is 2.94. The first-order valence-corrected chi connectivity index (χ1v) is 7.72. The zero-order valence-corrected chi connectivity index (χ0v) is 15.3. The number of nitrogens with two attached hydrogens (primary N) is 1. The molecule has 0 radical (unpaired) electrons. The van der Waals surface area contributed by atoms with E-state index < -0.39 is 0 Å². The van der Waals surface area contributed by atoms with Crippen molar-refractivity contribution >= 4 is 35.6 Å². The van der Waals surface area contributed by atoms with Crippen LogP contribution < -0.4 is 11.1 Å². The van der Waals surface area contributed by atoms with E-state index in [0.717, 1.165) is 11.3 Å². The molecule has 1 fully saturated rings. The predicted octanol–water partition coefficient (Wildman–Crippen LogP) is 3.00. The van der Waals surface area contributed by atoms with Crippen molar-refractivity contribution in [1.29, 1.82) is 0 Å². The quantitative estimate of drug-likeness (QED) is 0.462. The van der Waals surface area contributed by atoms with Gasteiger partial charge in [-0.3, -0.25) is 0 Å². The van der Waals surface area contributed by atoms with Crippen molar-refractivity contribution in [2.75, 3.05) is 0 Å². The number of aryl methyl sites for hydroxylation is 1. The number of nitrogens with zero attached hydrogens (tertiary/aromatic N) is 3. The highest BCUT2D eigenvalue weighted by Crippen LogP contribution is 2.17. The molecule has 0 amide bonds. The van der Waals surface area contributed by atoms with E-state index in [2.05, 4.69) is 32.7 Å². The number of pyridine rings is 1. The average molecular weight is 413 g/mol. The van der Waals surface area contributed by atoms with E-state index in [9.17, 15) is 0 Å². The Hall–Kier alpha value is -1.31. The lowest BCUT2D eigenvalue weighted by Crippen LogP contribution is -2.41. The van der Waals surface area contributed by atoms with Gasteiger partial charge in [-0.05, 0) is 31.9 Å². The minimum atomic E-state index is 0. The number of aliphatic imine (C=N–C) groups is 1. The molecule has 1 aliphatic rings. The number of nitrogens with one attached hydrogen (secondary N) is 1. The molecule has 6 heteroatoms. The van der Waals surface area contributed by atoms with Crippen LogP contribution in [0.25, 0.3) is 5.65 Å². The first kappa shape index (κ1) is 17.1. The molecular formula is C16H24IN5. The Morgan fingerprint density at radius 3 is 2.86 bits per heavy atom. The fraction of sp³-hybridized carbons (Fsp3) is 0.500. The third kappa shape index (κ3) is 4.12. The lowest BCUT2D eigenvalue weighted by molar-refractivity contribution is 0.412. The molecule has 0 unspecified atom stereocenters. The van der Waals surface area contributed by atoms with Crippen LogP contribution >= 0.6 is 24.0 Å². The molecule has 3 rings (SSSR count). The number of hydrogen-bond donors (Lipinski definition) is 2. The van der Waals surface area contributed by atoms with Crippen LogP contribution in [0.4, 0.5) is 0 Å². The zero-order chi connectivity index (χ0) is 14.7. The third-order valence-electron chi connectivity index (χ3n) is 4.11. The molecule has 120 valence electrons. The van der Waals surface area contributed by atoms with Crippen LogP contribution in [0.15, 0.2) is 29.4 Å². The van der Waals surface area contributed by atoms with Crippen LogP contribution in [0.5, 0.6) is 0 Å². The van der Waals surface area contributed by atoms with Gasteiger partial charge in [0.1, 0.15) is 5.65 Å². The molecule has 0 saturated heterocycles. The van der Waals surface area contributed by atoms with E-state index in [1.165, 1.54) is 37.8 Å². The molecule has 2 aromatic rings. The smallest absolute Gasteiger partial charge is 0.189 e. The first-order valence-electron chi connectivity index (χ1n) is 7.72. The van der Waals surface area contributed by atoms with Gasteiger partial charge >= 0.3 is 0 Å². The second kappa shape index (κ2) is 7.80. The largest absolute Gasteiger partial charge is 0.370 e. The van der Waals surface area contributed by atoms with E-state index in [1.807, 2.05) is 18.3 Å². The van der Waals surface area contributed by atoms with Crippen molar-refractivity contribution < 1.29 is 0 Å². The Balaban J connectivity index is 0.00000176. The highest BCUT2D eigenvalue weighted by atomic mass is 127. The van der Waals surface area contributed by atoms with E-state index in [-0.39, 0.29) is 24.0 Å². The number of halogens is 1. The maximum Gasteiger partial charge on any atom is 0.189 e. The van der Waals surface area contributed by atoms with Crippen LogP contribution in [0.2, 0.25) is 0 Å². The fourth-order valence-electron chi connectivity index (χ4n) is 2.94. The molecule has 5 nitrogen and oxygen atoms in total. The van der Waals surface area contributed by atoms with Crippen LogP contribution in [0, 0.1) is 6.92 Å². The molecule has 3 N–H and O–H groups in total. The lowest BCUT2D eigenvalue weighted by atomic mass is 9.96. The van der Waals surface area contributed by atoms with Crippen LogP contribution in [0.1, 0.15) is 43.5 Å². The van der Waals surface area contributed by atoms with Crippen LogP contribution in [-0.2, 0) is 6.54 Å². The number of imidazole rings is 1. The van der Waals surface area contributed by atoms with E-state index in [0.29, 0.717) is 18.5 Å². The maximum absolute atomic E-state index is 5.98. The molecule has 0 bridgehead atoms. The summed E-state index contributed by atoms with van der Waals surface area (Å²) in [5.41, 5.74) is 9.05. The molecule has 0 aromatic carbocycles. The van der Waals surface area contributed by atoms with Gasteiger partial charge in [-0.15, -0.1) is 24.0 Å². The summed E-state index contributed by atoms with van der Waals surface area (Å²) < 4.78 is 2.08. The zero-order valence-electron chi connectivity index (χ0n) is 13.0. The van der Waals surface area contributed by atoms with Crippen molar-refractivity contribution in [1.82, 2.24) is 14.7 Å². The van der Waals surface area contributed by atoms with Crippen molar-refractivity contribution in [3.05, 3.63) is 35.8 Å². The van der Waals surface area contributed by atoms with E-state index >= 15 is 0 Å². The summed E-state index contributed by atoms with van der Waals surface area (Å²) in [5.74, 6) is 0.538. The summed E-state index contributed by atoms with van der Waals surface area (Å²) in [4.78, 5) is 8.99. The standard InChI is InChI=1S/C16H23N5.HI/c1-12-6-5-9-15-19-14(11-21(12)15)10-18-16(17)20-13-7-3-2-4-8-13;/h5-6,9,11,13H,2-4,7-8,10H2,1H3,(H3,17,18,20);1H. The molecule has 22 heavy (non-hydrogen) atoms. The summed E-state index contributed by atoms with van der Waals surface area (Å²) in [6, 6.07) is 6.58. The Morgan fingerprint density at radius 1 is 1.36 bits per heavy atom. The topological polar surface area (TPSA) is 67.7 Å². The van der Waals surface area contributed by atoms with Crippen LogP contribution in [-0.4, -0.2) is 21.4 Å². The SMILES string of the molecule is Cc1cccc2nc(CN=C(N)NC3CCCCC3)cn12.I. The minimum Gasteiger partial charge on any atom is -0.370 e. The van der Waals surface area contributed by atoms with Gasteiger partial charge in [0.25, 0.3) is 0 Å². The van der Waals surface area contributed by atoms with Crippen molar-refractivity contribution in [2.24, 2.45) is 10.7 Å². The second-order valence-corrected chi connectivity index (χ2v) is 5.81. The van der Waals surface area contributed by atoms with Gasteiger partial charge in [-0.2, -0.15) is 0 Å². The highest BCUT2D eigenvalue weighted by Gasteiger charge is 2.13. The summed E-state index contributed by atoms with van der Waals surface area (Å²) in [6.07, 6.45) is 8.35. The number of rotatable bonds is 3. The third-order valence-corrected chi connectivity index (χ3v) is 4.11. The molecule has 0 aliphatic heterocycles. The molecule has 2 heterocycles. The number of fused-ring (bicyclic) bond motifs is 1. The second-order valence-electron chi connectivity index (χ2n) is 5.81. The van der Waals surface area contributed by atoms with Gasteiger partial charge in [0.15, 0.2) is 5.96 Å². The van der Waals surface area contributed by atoms with Gasteiger partial charge < -0.3 is 15.5 Å². The molecule has 0 spiro atoms. The van der Waals surface area contributed by atoms with Crippen molar-refractivity contribution in [3.8, 4) is 0 Å². The Kier molecular flexibility index (Phi) is 6.05. The predicted molar refractivity (Wildman–Crippen MR) is 101 cm³/mol. The average Bonchev–Trinajstić information content (AvgIpc) is 2.91. The normalized spacial score (nSPS) is 16.5. The number of hydrogen-bond acceptors (Lipinski definition) is 2. The summed E-state index contributed by atoms with van der Waals surface area (Å²) in [5, 5.41) is 3.33. The molecule has 1 saturated carbocycles. The summed E-state index contributed by atoms with van der Waals surface area (Å²) in [6.45, 7) is 2.59. The lowest BCUT2D eigenvalue weighted by Gasteiger charge is -2.23. The Morgan fingerprint density at radius 2 is 2.14 bits per heavy atom. The molecule has 2 aromatic heterocycles. The Bertz CT molecular complexity index is 643. The van der Waals surface area contributed by atoms with Crippen LogP contribution in [0.3, 0.4) is 0 Å². The summed E-state index contributed by atoms with van der Waals surface area (Å²) in [7, 11) is 0. The highest BCUT2D eigenvalue weighted by molar-refractivity contribution is 14.0. The number of guanidine groups is 1. The first-order chi connectivity index (χ1) is 10.2. The maximum atomic E-state index is 5.98. The van der Waals surface area contributed by atoms with Gasteiger partial charge in [0.05, 0.1) is 12.2 Å².